The van der Waals surface area contributed by atoms with Gasteiger partial charge in [-0.05, 0) is 37.9 Å². The van der Waals surface area contributed by atoms with Gasteiger partial charge in [0.25, 0.3) is 0 Å². The lowest BCUT2D eigenvalue weighted by molar-refractivity contribution is 0.976. The van der Waals surface area contributed by atoms with E-state index in [1.165, 1.54) is 0 Å². The van der Waals surface area contributed by atoms with E-state index in [9.17, 15) is 0 Å². The third-order valence-corrected chi connectivity index (χ3v) is 2.20. The first-order valence-electron chi connectivity index (χ1n) is 2.74. The number of pyridine rings is 1. The van der Waals surface area contributed by atoms with Gasteiger partial charge in [-0.2, -0.15) is 0 Å². The summed E-state index contributed by atoms with van der Waals surface area (Å²) in [6, 6.07) is 1.93. The lowest BCUT2D eigenvalue weighted by Gasteiger charge is -1.98. The van der Waals surface area contributed by atoms with E-state index in [0.29, 0.717) is 6.54 Å². The standard InChI is InChI=1S/C6H6Br2N2/c7-4-1-5(8)6(2-9)10-3-4/h1,3H,2,9H2. The highest BCUT2D eigenvalue weighted by Crippen LogP contribution is 2.18. The van der Waals surface area contributed by atoms with E-state index < -0.39 is 0 Å². The van der Waals surface area contributed by atoms with Gasteiger partial charge < -0.3 is 5.73 Å². The summed E-state index contributed by atoms with van der Waals surface area (Å²) in [5.74, 6) is 0. The van der Waals surface area contributed by atoms with Crippen molar-refractivity contribution in [3.8, 4) is 0 Å². The van der Waals surface area contributed by atoms with Gasteiger partial charge in [-0.1, -0.05) is 0 Å². The van der Waals surface area contributed by atoms with E-state index in [1.54, 1.807) is 6.20 Å². The Bertz CT molecular complexity index is 237. The molecule has 0 atom stereocenters. The van der Waals surface area contributed by atoms with Gasteiger partial charge in [0.15, 0.2) is 0 Å². The Labute approximate surface area is 76.1 Å². The Morgan fingerprint density at radius 1 is 1.50 bits per heavy atom. The van der Waals surface area contributed by atoms with Gasteiger partial charge in [-0.3, -0.25) is 4.98 Å². The molecule has 4 heteroatoms. The SMILES string of the molecule is NCc1ncc(Br)cc1Br. The molecule has 0 fully saturated rings. The van der Waals surface area contributed by atoms with Crippen LogP contribution in [0.25, 0.3) is 0 Å². The summed E-state index contributed by atoms with van der Waals surface area (Å²) in [7, 11) is 0. The zero-order chi connectivity index (χ0) is 7.56. The molecule has 2 nitrogen and oxygen atoms in total. The fourth-order valence-electron chi connectivity index (χ4n) is 0.593. The van der Waals surface area contributed by atoms with Gasteiger partial charge in [0.1, 0.15) is 0 Å². The Hall–Kier alpha value is 0.0700. The molecule has 0 aliphatic carbocycles. The Balaban J connectivity index is 3.07. The predicted molar refractivity (Wildman–Crippen MR) is 47.5 cm³/mol. The lowest BCUT2D eigenvalue weighted by Crippen LogP contribution is -1.99. The maximum atomic E-state index is 5.39. The highest BCUT2D eigenvalue weighted by molar-refractivity contribution is 9.11. The first kappa shape index (κ1) is 8.17. The average molecular weight is 266 g/mol. The van der Waals surface area contributed by atoms with E-state index in [2.05, 4.69) is 36.8 Å². The minimum atomic E-state index is 0.466. The van der Waals surface area contributed by atoms with Crippen LogP contribution in [0, 0.1) is 0 Å². The third kappa shape index (κ3) is 1.78. The zero-order valence-corrected chi connectivity index (χ0v) is 8.31. The summed E-state index contributed by atoms with van der Waals surface area (Å²) in [5.41, 5.74) is 6.27. The van der Waals surface area contributed by atoms with E-state index in [4.69, 9.17) is 5.73 Å². The van der Waals surface area contributed by atoms with Crippen LogP contribution in [-0.2, 0) is 6.54 Å². The van der Waals surface area contributed by atoms with Gasteiger partial charge in [-0.25, -0.2) is 0 Å². The molecule has 0 saturated carbocycles. The van der Waals surface area contributed by atoms with Crippen LogP contribution in [-0.4, -0.2) is 4.98 Å². The minimum absolute atomic E-state index is 0.466. The van der Waals surface area contributed by atoms with Crippen molar-refractivity contribution in [2.24, 2.45) is 5.73 Å². The normalized spacial score (nSPS) is 9.90. The molecule has 2 N–H and O–H groups in total. The van der Waals surface area contributed by atoms with Crippen molar-refractivity contribution in [3.05, 3.63) is 26.9 Å². The zero-order valence-electron chi connectivity index (χ0n) is 5.14. The molecule has 0 unspecified atom stereocenters. The fraction of sp³-hybridized carbons (Fsp3) is 0.167. The van der Waals surface area contributed by atoms with Crippen molar-refractivity contribution in [3.63, 3.8) is 0 Å². The van der Waals surface area contributed by atoms with E-state index in [-0.39, 0.29) is 0 Å². The molecule has 0 aromatic carbocycles. The molecule has 0 bridgehead atoms. The highest BCUT2D eigenvalue weighted by Gasteiger charge is 1.97. The summed E-state index contributed by atoms with van der Waals surface area (Å²) >= 11 is 6.63. The molecule has 0 radical (unpaired) electrons. The molecule has 0 amide bonds. The second-order valence-corrected chi connectivity index (χ2v) is 3.56. The topological polar surface area (TPSA) is 38.9 Å². The van der Waals surface area contributed by atoms with Crippen molar-refractivity contribution < 1.29 is 0 Å². The summed E-state index contributed by atoms with van der Waals surface area (Å²) in [5, 5.41) is 0. The number of halogens is 2. The van der Waals surface area contributed by atoms with Gasteiger partial charge in [0.2, 0.25) is 0 Å². The van der Waals surface area contributed by atoms with Crippen molar-refractivity contribution in [1.29, 1.82) is 0 Å². The quantitative estimate of drug-likeness (QED) is 0.844. The van der Waals surface area contributed by atoms with Crippen LogP contribution in [0.5, 0.6) is 0 Å². The number of hydrogen-bond donors (Lipinski definition) is 1. The molecular formula is C6H6Br2N2. The van der Waals surface area contributed by atoms with Crippen LogP contribution in [0.4, 0.5) is 0 Å². The molecule has 1 aromatic heterocycles. The monoisotopic (exact) mass is 264 g/mol. The smallest absolute Gasteiger partial charge is 0.0682 e. The number of aromatic nitrogens is 1. The number of hydrogen-bond acceptors (Lipinski definition) is 2. The minimum Gasteiger partial charge on any atom is -0.325 e. The lowest BCUT2D eigenvalue weighted by atomic mass is 10.4. The Morgan fingerprint density at radius 3 is 2.70 bits per heavy atom. The largest absolute Gasteiger partial charge is 0.325 e. The molecular weight excluding hydrogens is 260 g/mol. The average Bonchev–Trinajstić information content (AvgIpc) is 1.88. The number of rotatable bonds is 1. The van der Waals surface area contributed by atoms with E-state index in [1.807, 2.05) is 6.07 Å². The summed E-state index contributed by atoms with van der Waals surface area (Å²) in [6.07, 6.45) is 1.73. The van der Waals surface area contributed by atoms with Crippen molar-refractivity contribution in [1.82, 2.24) is 4.98 Å². The second-order valence-electron chi connectivity index (χ2n) is 1.79. The molecule has 1 rings (SSSR count). The van der Waals surface area contributed by atoms with Crippen molar-refractivity contribution >= 4 is 31.9 Å². The van der Waals surface area contributed by atoms with Gasteiger partial charge in [0.05, 0.1) is 5.69 Å². The Morgan fingerprint density at radius 2 is 2.20 bits per heavy atom. The van der Waals surface area contributed by atoms with Crippen LogP contribution in [0.3, 0.4) is 0 Å². The van der Waals surface area contributed by atoms with Gasteiger partial charge in [0, 0.05) is 21.7 Å². The van der Waals surface area contributed by atoms with Crippen LogP contribution in [0.1, 0.15) is 5.69 Å². The van der Waals surface area contributed by atoms with Gasteiger partial charge >= 0.3 is 0 Å². The van der Waals surface area contributed by atoms with Crippen LogP contribution in [0.15, 0.2) is 21.2 Å². The first-order valence-corrected chi connectivity index (χ1v) is 4.32. The second kappa shape index (κ2) is 3.46. The van der Waals surface area contributed by atoms with E-state index in [0.717, 1.165) is 14.6 Å². The predicted octanol–water partition coefficient (Wildman–Crippen LogP) is 2.07. The van der Waals surface area contributed by atoms with E-state index >= 15 is 0 Å². The molecule has 0 saturated heterocycles. The highest BCUT2D eigenvalue weighted by atomic mass is 79.9. The molecule has 1 aromatic rings. The molecule has 1 heterocycles. The maximum Gasteiger partial charge on any atom is 0.0682 e. The van der Waals surface area contributed by atoms with Crippen molar-refractivity contribution in [2.75, 3.05) is 0 Å². The number of nitrogens with two attached hydrogens (primary N) is 1. The van der Waals surface area contributed by atoms with Crippen LogP contribution >= 0.6 is 31.9 Å². The van der Waals surface area contributed by atoms with Crippen molar-refractivity contribution in [2.45, 2.75) is 6.54 Å². The molecule has 0 aliphatic rings. The summed E-state index contributed by atoms with van der Waals surface area (Å²) in [6.45, 7) is 0.466. The first-order chi connectivity index (χ1) is 4.74. The van der Waals surface area contributed by atoms with Crippen LogP contribution in [0.2, 0.25) is 0 Å². The molecule has 10 heavy (non-hydrogen) atoms. The molecule has 0 aliphatic heterocycles. The maximum absolute atomic E-state index is 5.39. The molecule has 0 spiro atoms. The summed E-state index contributed by atoms with van der Waals surface area (Å²) in [4.78, 5) is 4.08. The number of nitrogens with zero attached hydrogens (tertiary/aromatic N) is 1. The van der Waals surface area contributed by atoms with Gasteiger partial charge in [-0.15, -0.1) is 0 Å². The Kier molecular flexibility index (Phi) is 2.82. The summed E-state index contributed by atoms with van der Waals surface area (Å²) < 4.78 is 1.90. The fourth-order valence-corrected chi connectivity index (χ4v) is 1.74. The third-order valence-electron chi connectivity index (χ3n) is 1.08. The van der Waals surface area contributed by atoms with Crippen LogP contribution < -0.4 is 5.73 Å². The molecule has 54 valence electrons.